The van der Waals surface area contributed by atoms with E-state index in [0.29, 0.717) is 13.0 Å². The zero-order chi connectivity index (χ0) is 13.8. The van der Waals surface area contributed by atoms with Crippen molar-refractivity contribution in [1.82, 2.24) is 0 Å². The van der Waals surface area contributed by atoms with E-state index in [9.17, 15) is 18.0 Å². The van der Waals surface area contributed by atoms with Crippen LogP contribution in [0.1, 0.15) is 24.0 Å². The molecule has 100 valence electrons. The minimum Gasteiger partial charge on any atom is -0.330 e. The zero-order valence-corrected chi connectivity index (χ0v) is 9.97. The van der Waals surface area contributed by atoms with Gasteiger partial charge in [-0.15, -0.1) is 0 Å². The first-order valence-corrected chi connectivity index (χ1v) is 5.52. The van der Waals surface area contributed by atoms with E-state index in [0.717, 1.165) is 6.07 Å². The van der Waals surface area contributed by atoms with Crippen LogP contribution in [-0.4, -0.2) is 12.5 Å². The van der Waals surface area contributed by atoms with Gasteiger partial charge in [0.25, 0.3) is 0 Å². The highest BCUT2D eigenvalue weighted by Crippen LogP contribution is 2.33. The second-order valence-electron chi connectivity index (χ2n) is 3.97. The Morgan fingerprint density at radius 3 is 2.61 bits per heavy atom. The molecule has 3 N–H and O–H groups in total. The number of nitrogens with one attached hydrogen (secondary N) is 1. The number of carbonyl (C=O) groups excluding carboxylic acids is 1. The molecule has 6 heteroatoms. The molecule has 1 amide bonds. The Bertz CT molecular complexity index is 430. The monoisotopic (exact) mass is 260 g/mol. The number of hydrogen-bond donors (Lipinski definition) is 2. The van der Waals surface area contributed by atoms with Gasteiger partial charge in [-0.05, 0) is 37.6 Å². The summed E-state index contributed by atoms with van der Waals surface area (Å²) in [5, 5.41) is 2.42. The number of nitrogens with two attached hydrogens (primary N) is 1. The molecule has 0 fully saturated rings. The van der Waals surface area contributed by atoms with Gasteiger partial charge in [0.15, 0.2) is 0 Å². The first-order chi connectivity index (χ1) is 8.34. The summed E-state index contributed by atoms with van der Waals surface area (Å²) < 4.78 is 37.9. The predicted octanol–water partition coefficient (Wildman–Crippen LogP) is 2.69. The van der Waals surface area contributed by atoms with Crippen molar-refractivity contribution in [2.45, 2.75) is 25.9 Å². The maximum Gasteiger partial charge on any atom is 0.416 e. The molecule has 0 heterocycles. The number of alkyl halides is 3. The SMILES string of the molecule is Cc1ccc(NC(=O)CCCN)cc1C(F)(F)F. The summed E-state index contributed by atoms with van der Waals surface area (Å²) in [4.78, 5) is 11.4. The molecule has 3 nitrogen and oxygen atoms in total. The number of carbonyl (C=O) groups is 1. The molecule has 0 aliphatic carbocycles. The van der Waals surface area contributed by atoms with Crippen molar-refractivity contribution < 1.29 is 18.0 Å². The van der Waals surface area contributed by atoms with Gasteiger partial charge in [0.1, 0.15) is 0 Å². The third kappa shape index (κ3) is 4.03. The molecule has 0 saturated carbocycles. The summed E-state index contributed by atoms with van der Waals surface area (Å²) in [6, 6.07) is 3.72. The lowest BCUT2D eigenvalue weighted by Gasteiger charge is -2.12. The average molecular weight is 260 g/mol. The number of benzene rings is 1. The summed E-state index contributed by atoms with van der Waals surface area (Å²) in [5.41, 5.74) is 4.78. The van der Waals surface area contributed by atoms with Gasteiger partial charge in [-0.1, -0.05) is 6.07 Å². The topological polar surface area (TPSA) is 55.1 Å². The zero-order valence-electron chi connectivity index (χ0n) is 9.97. The molecule has 0 aromatic heterocycles. The molecular weight excluding hydrogens is 245 g/mol. The lowest BCUT2D eigenvalue weighted by atomic mass is 10.1. The van der Waals surface area contributed by atoms with Crippen molar-refractivity contribution in [2.75, 3.05) is 11.9 Å². The van der Waals surface area contributed by atoms with E-state index in [4.69, 9.17) is 5.73 Å². The van der Waals surface area contributed by atoms with Crippen LogP contribution in [0.2, 0.25) is 0 Å². The summed E-state index contributed by atoms with van der Waals surface area (Å²) in [7, 11) is 0. The Kier molecular flexibility index (Phi) is 4.72. The van der Waals surface area contributed by atoms with E-state index in [1.54, 1.807) is 0 Å². The van der Waals surface area contributed by atoms with Crippen LogP contribution in [0.5, 0.6) is 0 Å². The smallest absolute Gasteiger partial charge is 0.330 e. The molecule has 0 radical (unpaired) electrons. The molecule has 0 aliphatic rings. The quantitative estimate of drug-likeness (QED) is 0.874. The van der Waals surface area contributed by atoms with Crippen molar-refractivity contribution in [3.8, 4) is 0 Å². The highest BCUT2D eigenvalue weighted by atomic mass is 19.4. The lowest BCUT2D eigenvalue weighted by molar-refractivity contribution is -0.138. The molecule has 1 aromatic carbocycles. The van der Waals surface area contributed by atoms with E-state index in [1.807, 2.05) is 0 Å². The number of rotatable bonds is 4. The van der Waals surface area contributed by atoms with Gasteiger partial charge in [0.05, 0.1) is 5.56 Å². The fraction of sp³-hybridized carbons (Fsp3) is 0.417. The fourth-order valence-corrected chi connectivity index (χ4v) is 1.49. The van der Waals surface area contributed by atoms with Gasteiger partial charge in [-0.2, -0.15) is 13.2 Å². The molecule has 1 rings (SSSR count). The van der Waals surface area contributed by atoms with Crippen LogP contribution in [0.15, 0.2) is 18.2 Å². The molecule has 0 saturated heterocycles. The van der Waals surface area contributed by atoms with Crippen LogP contribution < -0.4 is 11.1 Å². The largest absolute Gasteiger partial charge is 0.416 e. The first-order valence-electron chi connectivity index (χ1n) is 5.52. The van der Waals surface area contributed by atoms with E-state index in [2.05, 4.69) is 5.32 Å². The molecule has 0 atom stereocenters. The summed E-state index contributed by atoms with van der Waals surface area (Å²) >= 11 is 0. The number of hydrogen-bond acceptors (Lipinski definition) is 2. The summed E-state index contributed by atoms with van der Waals surface area (Å²) in [5.74, 6) is -0.336. The molecule has 0 bridgehead atoms. The molecule has 0 aliphatic heterocycles. The Morgan fingerprint density at radius 1 is 1.39 bits per heavy atom. The van der Waals surface area contributed by atoms with Crippen LogP contribution >= 0.6 is 0 Å². The van der Waals surface area contributed by atoms with Crippen molar-refractivity contribution in [1.29, 1.82) is 0 Å². The average Bonchev–Trinajstić information content (AvgIpc) is 2.27. The predicted molar refractivity (Wildman–Crippen MR) is 63.1 cm³/mol. The minimum atomic E-state index is -4.41. The number of halogens is 3. The highest BCUT2D eigenvalue weighted by molar-refractivity contribution is 5.90. The van der Waals surface area contributed by atoms with Crippen LogP contribution in [-0.2, 0) is 11.0 Å². The van der Waals surface area contributed by atoms with Crippen molar-refractivity contribution in [3.05, 3.63) is 29.3 Å². The number of aryl methyl sites for hydroxylation is 1. The van der Waals surface area contributed by atoms with Gasteiger partial charge in [-0.25, -0.2) is 0 Å². The summed E-state index contributed by atoms with van der Waals surface area (Å²) in [6.45, 7) is 1.75. The standard InChI is InChI=1S/C12H15F3N2O/c1-8-4-5-9(7-10(8)12(13,14)15)17-11(18)3-2-6-16/h4-5,7H,2-3,6,16H2,1H3,(H,17,18). The van der Waals surface area contributed by atoms with Crippen LogP contribution in [0.4, 0.5) is 18.9 Å². The molecular formula is C12H15F3N2O. The van der Waals surface area contributed by atoms with Crippen molar-refractivity contribution in [3.63, 3.8) is 0 Å². The van der Waals surface area contributed by atoms with E-state index in [1.165, 1.54) is 19.1 Å². The maximum atomic E-state index is 12.6. The van der Waals surface area contributed by atoms with Crippen LogP contribution in [0, 0.1) is 6.92 Å². The normalized spacial score (nSPS) is 11.4. The summed E-state index contributed by atoms with van der Waals surface area (Å²) in [6.07, 6.45) is -3.71. The third-order valence-electron chi connectivity index (χ3n) is 2.43. The fourth-order valence-electron chi connectivity index (χ4n) is 1.49. The van der Waals surface area contributed by atoms with E-state index < -0.39 is 11.7 Å². The van der Waals surface area contributed by atoms with Gasteiger partial charge < -0.3 is 11.1 Å². The van der Waals surface area contributed by atoms with Crippen LogP contribution in [0.3, 0.4) is 0 Å². The molecule has 0 unspecified atom stereocenters. The second kappa shape index (κ2) is 5.86. The molecule has 18 heavy (non-hydrogen) atoms. The Balaban J connectivity index is 2.83. The van der Waals surface area contributed by atoms with Gasteiger partial charge >= 0.3 is 6.18 Å². The molecule has 1 aromatic rings. The second-order valence-corrected chi connectivity index (χ2v) is 3.97. The van der Waals surface area contributed by atoms with E-state index >= 15 is 0 Å². The number of anilines is 1. The third-order valence-corrected chi connectivity index (χ3v) is 2.43. The highest BCUT2D eigenvalue weighted by Gasteiger charge is 2.32. The Labute approximate surface area is 103 Å². The van der Waals surface area contributed by atoms with Gasteiger partial charge in [-0.3, -0.25) is 4.79 Å². The van der Waals surface area contributed by atoms with Gasteiger partial charge in [0.2, 0.25) is 5.91 Å². The molecule has 0 spiro atoms. The lowest BCUT2D eigenvalue weighted by Crippen LogP contribution is -2.14. The van der Waals surface area contributed by atoms with Crippen LogP contribution in [0.25, 0.3) is 0 Å². The van der Waals surface area contributed by atoms with E-state index in [-0.39, 0.29) is 23.6 Å². The minimum absolute atomic E-state index is 0.127. The maximum absolute atomic E-state index is 12.6. The first kappa shape index (κ1) is 14.5. The number of amides is 1. The Hall–Kier alpha value is -1.56. The van der Waals surface area contributed by atoms with Crippen molar-refractivity contribution >= 4 is 11.6 Å². The Morgan fingerprint density at radius 2 is 2.06 bits per heavy atom. The van der Waals surface area contributed by atoms with Crippen molar-refractivity contribution in [2.24, 2.45) is 5.73 Å². The van der Waals surface area contributed by atoms with Gasteiger partial charge in [0, 0.05) is 12.1 Å².